The van der Waals surface area contributed by atoms with Crippen LogP contribution >= 0.6 is 0 Å². The van der Waals surface area contributed by atoms with Crippen molar-refractivity contribution < 1.29 is 9.53 Å². The van der Waals surface area contributed by atoms with Gasteiger partial charge in [-0.2, -0.15) is 5.10 Å². The molecule has 0 radical (unpaired) electrons. The average Bonchev–Trinajstić information content (AvgIpc) is 3.15. The molecule has 152 valence electrons. The van der Waals surface area contributed by atoms with Crippen LogP contribution in [0.1, 0.15) is 28.8 Å². The third-order valence-electron chi connectivity index (χ3n) is 5.86. The van der Waals surface area contributed by atoms with E-state index < -0.39 is 0 Å². The molecule has 2 aromatic heterocycles. The van der Waals surface area contributed by atoms with Gasteiger partial charge in [0.25, 0.3) is 5.91 Å². The third-order valence-corrected chi connectivity index (χ3v) is 5.86. The molecule has 29 heavy (non-hydrogen) atoms. The van der Waals surface area contributed by atoms with Crippen molar-refractivity contribution in [2.45, 2.75) is 24.9 Å². The van der Waals surface area contributed by atoms with Gasteiger partial charge in [0.1, 0.15) is 0 Å². The van der Waals surface area contributed by atoms with Crippen molar-refractivity contribution in [3.8, 4) is 0 Å². The van der Waals surface area contributed by atoms with E-state index in [1.807, 2.05) is 28.9 Å². The zero-order valence-corrected chi connectivity index (χ0v) is 17.0. The van der Waals surface area contributed by atoms with Crippen LogP contribution in [-0.4, -0.2) is 65.0 Å². The molecule has 1 amide bonds. The summed E-state index contributed by atoms with van der Waals surface area (Å²) in [5.41, 5.74) is 2.43. The van der Waals surface area contributed by atoms with Crippen LogP contribution in [0.2, 0.25) is 0 Å². The Balaban J connectivity index is 1.47. The van der Waals surface area contributed by atoms with E-state index in [0.29, 0.717) is 18.7 Å². The number of hydrogen-bond acceptors (Lipinski definition) is 5. The number of carbonyl (C=O) groups is 1. The predicted octanol–water partition coefficient (Wildman–Crippen LogP) is 2.32. The van der Waals surface area contributed by atoms with E-state index in [1.54, 1.807) is 12.4 Å². The molecule has 3 heterocycles. The first-order valence-corrected chi connectivity index (χ1v) is 9.96. The Morgan fingerprint density at radius 2 is 1.97 bits per heavy atom. The van der Waals surface area contributed by atoms with Gasteiger partial charge >= 0.3 is 0 Å². The van der Waals surface area contributed by atoms with Crippen LogP contribution < -0.4 is 5.32 Å². The number of pyridine rings is 1. The SMILES string of the molecule is CN(C)C1(CNC(=O)c2cnc3c(cnn3Cc3ccccc3)c2)CCOCC1. The molecule has 0 unspecified atom stereocenters. The minimum absolute atomic E-state index is 0.0635. The van der Waals surface area contributed by atoms with E-state index in [2.05, 4.69) is 46.5 Å². The van der Waals surface area contributed by atoms with Crippen LogP contribution in [0.4, 0.5) is 0 Å². The summed E-state index contributed by atoms with van der Waals surface area (Å²) in [7, 11) is 4.12. The van der Waals surface area contributed by atoms with Crippen molar-refractivity contribution >= 4 is 16.9 Å². The van der Waals surface area contributed by atoms with Crippen molar-refractivity contribution in [2.75, 3.05) is 33.9 Å². The molecule has 7 nitrogen and oxygen atoms in total. The van der Waals surface area contributed by atoms with Gasteiger partial charge in [0, 0.05) is 36.9 Å². The molecule has 1 fully saturated rings. The number of nitrogens with one attached hydrogen (secondary N) is 1. The van der Waals surface area contributed by atoms with Crippen molar-refractivity contribution in [3.05, 3.63) is 59.9 Å². The maximum Gasteiger partial charge on any atom is 0.252 e. The molecule has 0 bridgehead atoms. The molecular weight excluding hydrogens is 366 g/mol. The van der Waals surface area contributed by atoms with Gasteiger partial charge in [0.2, 0.25) is 0 Å². The number of rotatable bonds is 6. The summed E-state index contributed by atoms with van der Waals surface area (Å²) in [6.45, 7) is 2.69. The number of fused-ring (bicyclic) bond motifs is 1. The van der Waals surface area contributed by atoms with Crippen LogP contribution in [0.3, 0.4) is 0 Å². The number of benzene rings is 1. The lowest BCUT2D eigenvalue weighted by molar-refractivity contribution is -0.00658. The summed E-state index contributed by atoms with van der Waals surface area (Å²) < 4.78 is 7.36. The van der Waals surface area contributed by atoms with E-state index in [4.69, 9.17) is 4.74 Å². The largest absolute Gasteiger partial charge is 0.381 e. The molecule has 1 N–H and O–H groups in total. The van der Waals surface area contributed by atoms with E-state index in [1.165, 1.54) is 0 Å². The summed E-state index contributed by atoms with van der Waals surface area (Å²) in [4.78, 5) is 19.5. The normalized spacial score (nSPS) is 16.2. The second kappa shape index (κ2) is 8.31. The molecule has 1 aliphatic heterocycles. The lowest BCUT2D eigenvalue weighted by Gasteiger charge is -2.42. The maximum absolute atomic E-state index is 12.8. The highest BCUT2D eigenvalue weighted by Crippen LogP contribution is 2.25. The molecule has 0 aliphatic carbocycles. The number of amides is 1. The number of hydrogen-bond donors (Lipinski definition) is 1. The van der Waals surface area contributed by atoms with Crippen LogP contribution in [-0.2, 0) is 11.3 Å². The Morgan fingerprint density at radius 1 is 1.21 bits per heavy atom. The average molecular weight is 393 g/mol. The molecule has 0 spiro atoms. The van der Waals surface area contributed by atoms with E-state index >= 15 is 0 Å². The first kappa shape index (κ1) is 19.5. The van der Waals surface area contributed by atoms with Gasteiger partial charge in [-0.25, -0.2) is 9.67 Å². The Bertz CT molecular complexity index is 977. The minimum Gasteiger partial charge on any atom is -0.381 e. The summed E-state index contributed by atoms with van der Waals surface area (Å²) in [6, 6.07) is 12.0. The molecule has 1 saturated heterocycles. The Hall–Kier alpha value is -2.77. The standard InChI is InChI=1S/C22H27N5O2/c1-26(2)22(8-10-29-11-9-22)16-24-21(28)19-12-18-14-25-27(20(18)23-13-19)15-17-6-4-3-5-7-17/h3-7,12-14H,8-11,15-16H2,1-2H3,(H,24,28). The Labute approximate surface area is 170 Å². The Morgan fingerprint density at radius 3 is 2.69 bits per heavy atom. The first-order valence-electron chi connectivity index (χ1n) is 9.96. The van der Waals surface area contributed by atoms with Crippen LogP contribution in [0.5, 0.6) is 0 Å². The maximum atomic E-state index is 12.8. The molecule has 3 aromatic rings. The number of nitrogens with zero attached hydrogens (tertiary/aromatic N) is 4. The van der Waals surface area contributed by atoms with Gasteiger partial charge in [0.05, 0.1) is 18.3 Å². The number of likely N-dealkylation sites (N-methyl/N-ethyl adjacent to an activating group) is 1. The number of carbonyl (C=O) groups excluding carboxylic acids is 1. The summed E-state index contributed by atoms with van der Waals surface area (Å²) >= 11 is 0. The molecule has 1 aromatic carbocycles. The summed E-state index contributed by atoms with van der Waals surface area (Å²) in [5, 5.41) is 8.41. The smallest absolute Gasteiger partial charge is 0.252 e. The molecule has 4 rings (SSSR count). The highest BCUT2D eigenvalue weighted by molar-refractivity contribution is 5.96. The van der Waals surface area contributed by atoms with E-state index in [0.717, 1.165) is 42.7 Å². The van der Waals surface area contributed by atoms with Crippen molar-refractivity contribution in [1.29, 1.82) is 0 Å². The fourth-order valence-electron chi connectivity index (χ4n) is 3.85. The van der Waals surface area contributed by atoms with Gasteiger partial charge < -0.3 is 15.0 Å². The van der Waals surface area contributed by atoms with Gasteiger partial charge in [-0.1, -0.05) is 30.3 Å². The molecule has 0 atom stereocenters. The summed E-state index contributed by atoms with van der Waals surface area (Å²) in [6.07, 6.45) is 5.21. The lowest BCUT2D eigenvalue weighted by Crippen LogP contribution is -2.55. The van der Waals surface area contributed by atoms with Gasteiger partial charge in [-0.05, 0) is 38.6 Å². The second-order valence-electron chi connectivity index (χ2n) is 7.84. The van der Waals surface area contributed by atoms with Crippen molar-refractivity contribution in [1.82, 2.24) is 25.0 Å². The first-order chi connectivity index (χ1) is 14.1. The number of aromatic nitrogens is 3. The van der Waals surface area contributed by atoms with Crippen LogP contribution in [0.25, 0.3) is 11.0 Å². The van der Waals surface area contributed by atoms with Crippen molar-refractivity contribution in [3.63, 3.8) is 0 Å². The van der Waals surface area contributed by atoms with Gasteiger partial charge in [-0.15, -0.1) is 0 Å². The van der Waals surface area contributed by atoms with Crippen LogP contribution in [0.15, 0.2) is 48.8 Å². The zero-order valence-electron chi connectivity index (χ0n) is 17.0. The lowest BCUT2D eigenvalue weighted by atomic mass is 9.88. The highest BCUT2D eigenvalue weighted by Gasteiger charge is 2.35. The highest BCUT2D eigenvalue weighted by atomic mass is 16.5. The summed E-state index contributed by atoms with van der Waals surface area (Å²) in [5.74, 6) is -0.108. The van der Waals surface area contributed by atoms with E-state index in [9.17, 15) is 4.79 Å². The second-order valence-corrected chi connectivity index (χ2v) is 7.84. The van der Waals surface area contributed by atoms with Crippen molar-refractivity contribution in [2.24, 2.45) is 0 Å². The van der Waals surface area contributed by atoms with Crippen LogP contribution in [0, 0.1) is 0 Å². The van der Waals surface area contributed by atoms with Gasteiger partial charge in [-0.3, -0.25) is 4.79 Å². The Kier molecular flexibility index (Phi) is 5.60. The molecule has 1 aliphatic rings. The zero-order chi connectivity index (χ0) is 20.3. The fourth-order valence-corrected chi connectivity index (χ4v) is 3.85. The molecular formula is C22H27N5O2. The van der Waals surface area contributed by atoms with E-state index in [-0.39, 0.29) is 11.4 Å². The monoisotopic (exact) mass is 393 g/mol. The molecule has 7 heteroatoms. The fraction of sp³-hybridized carbons (Fsp3) is 0.409. The van der Waals surface area contributed by atoms with Gasteiger partial charge in [0.15, 0.2) is 5.65 Å². The predicted molar refractivity (Wildman–Crippen MR) is 112 cm³/mol. The third kappa shape index (κ3) is 4.16. The quantitative estimate of drug-likeness (QED) is 0.696. The molecule has 0 saturated carbocycles. The number of ether oxygens (including phenoxy) is 1. The topological polar surface area (TPSA) is 72.3 Å². The minimum atomic E-state index is -0.108.